The van der Waals surface area contributed by atoms with Crippen molar-refractivity contribution in [2.24, 2.45) is 0 Å². The highest BCUT2D eigenvalue weighted by Crippen LogP contribution is 2.17. The fraction of sp³-hybridized carbons (Fsp3) is 0.841. The second kappa shape index (κ2) is 58.4. The quantitative estimate of drug-likeness (QED) is 0.0244. The smallest absolute Gasteiger partial charge is 0.305 e. The maximum Gasteiger partial charge on any atom is 0.305 e. The largest absolute Gasteiger partial charge is 0.466 e. The Kier molecular flexibility index (Phi) is 56.5. The third kappa shape index (κ3) is 55.0. The number of carbonyl (C=O) groups excluding carboxylic acids is 2. The molecule has 0 aliphatic heterocycles. The minimum absolute atomic E-state index is 0.0308. The molecular formula is C63H117NO5. The number of hydrogen-bond acceptors (Lipinski definition) is 5. The summed E-state index contributed by atoms with van der Waals surface area (Å²) in [6.07, 6.45) is 74.3. The van der Waals surface area contributed by atoms with Gasteiger partial charge in [-0.3, -0.25) is 9.59 Å². The Hall–Kier alpha value is -2.18. The maximum absolute atomic E-state index is 12.5. The van der Waals surface area contributed by atoms with Gasteiger partial charge in [0, 0.05) is 12.8 Å². The Balaban J connectivity index is 3.55. The fourth-order valence-electron chi connectivity index (χ4n) is 9.15. The van der Waals surface area contributed by atoms with Crippen molar-refractivity contribution in [3.05, 3.63) is 48.6 Å². The number of hydrogen-bond donors (Lipinski definition) is 3. The number of carbonyl (C=O) groups is 2. The van der Waals surface area contributed by atoms with Crippen molar-refractivity contribution >= 4 is 11.9 Å². The van der Waals surface area contributed by atoms with Crippen LogP contribution >= 0.6 is 0 Å². The summed E-state index contributed by atoms with van der Waals surface area (Å²) >= 11 is 0. The molecule has 0 aromatic heterocycles. The number of aliphatic hydroxyl groups is 2. The predicted octanol–water partition coefficient (Wildman–Crippen LogP) is 19.0. The number of allylic oxidation sites excluding steroid dienone is 7. The molecule has 2 unspecified atom stereocenters. The molecule has 0 rings (SSSR count). The Morgan fingerprint density at radius 2 is 0.725 bits per heavy atom. The average molecular weight is 969 g/mol. The highest BCUT2D eigenvalue weighted by Gasteiger charge is 2.18. The normalized spacial score (nSPS) is 12.9. The molecule has 2 atom stereocenters. The molecule has 0 spiro atoms. The van der Waals surface area contributed by atoms with Gasteiger partial charge in [0.1, 0.15) is 0 Å². The summed E-state index contributed by atoms with van der Waals surface area (Å²) in [4.78, 5) is 24.5. The van der Waals surface area contributed by atoms with Gasteiger partial charge in [-0.25, -0.2) is 0 Å². The third-order valence-electron chi connectivity index (χ3n) is 13.8. The van der Waals surface area contributed by atoms with Gasteiger partial charge in [0.25, 0.3) is 0 Å². The lowest BCUT2D eigenvalue weighted by atomic mass is 10.0. The van der Waals surface area contributed by atoms with Gasteiger partial charge in [-0.15, -0.1) is 0 Å². The summed E-state index contributed by atoms with van der Waals surface area (Å²) in [6.45, 7) is 4.85. The summed E-state index contributed by atoms with van der Waals surface area (Å²) < 4.78 is 5.45. The van der Waals surface area contributed by atoms with E-state index in [1.807, 2.05) is 6.08 Å². The van der Waals surface area contributed by atoms with Crippen LogP contribution in [0.4, 0.5) is 0 Å². The molecule has 3 N–H and O–H groups in total. The van der Waals surface area contributed by atoms with Crippen molar-refractivity contribution < 1.29 is 24.5 Å². The van der Waals surface area contributed by atoms with Crippen molar-refractivity contribution in [3.63, 3.8) is 0 Å². The van der Waals surface area contributed by atoms with Crippen molar-refractivity contribution in [2.75, 3.05) is 13.2 Å². The van der Waals surface area contributed by atoms with Crippen LogP contribution in [0.15, 0.2) is 48.6 Å². The van der Waals surface area contributed by atoms with Crippen molar-refractivity contribution in [2.45, 2.75) is 328 Å². The Labute approximate surface area is 429 Å². The summed E-state index contributed by atoms with van der Waals surface area (Å²) in [6, 6.07) is -0.647. The SMILES string of the molecule is CCCCCCCC/C=C\CCCCCCCC(=O)OCCCCC/C=C\C=C/CCCCCCCCC(=O)NC(CO)C(O)/C=C/CCCCCCCCCCCCCCCCCCCCCC. The Morgan fingerprint density at radius 1 is 0.406 bits per heavy atom. The zero-order chi connectivity index (χ0) is 50.0. The average Bonchev–Trinajstić information content (AvgIpc) is 3.35. The number of aliphatic hydroxyl groups excluding tert-OH is 2. The van der Waals surface area contributed by atoms with E-state index in [0.29, 0.717) is 19.4 Å². The van der Waals surface area contributed by atoms with E-state index in [2.05, 4.69) is 55.6 Å². The number of ether oxygens (including phenoxy) is 1. The lowest BCUT2D eigenvalue weighted by molar-refractivity contribution is -0.143. The van der Waals surface area contributed by atoms with Gasteiger partial charge in [0.05, 0.1) is 25.4 Å². The van der Waals surface area contributed by atoms with Gasteiger partial charge in [-0.2, -0.15) is 0 Å². The number of unbranched alkanes of at least 4 members (excludes halogenated alkanes) is 40. The Morgan fingerprint density at radius 3 is 1.12 bits per heavy atom. The molecule has 404 valence electrons. The first kappa shape index (κ1) is 66.8. The van der Waals surface area contributed by atoms with Crippen LogP contribution in [-0.2, 0) is 14.3 Å². The van der Waals surface area contributed by atoms with Gasteiger partial charge in [0.15, 0.2) is 0 Å². The third-order valence-corrected chi connectivity index (χ3v) is 13.8. The molecule has 0 radical (unpaired) electrons. The van der Waals surface area contributed by atoms with Crippen LogP contribution < -0.4 is 5.32 Å². The molecule has 0 aliphatic carbocycles. The molecule has 0 saturated heterocycles. The molecule has 0 aromatic carbocycles. The number of esters is 1. The number of nitrogens with one attached hydrogen (secondary N) is 1. The van der Waals surface area contributed by atoms with E-state index in [0.717, 1.165) is 77.0 Å². The molecule has 0 saturated carbocycles. The topological polar surface area (TPSA) is 95.9 Å². The second-order valence-electron chi connectivity index (χ2n) is 20.7. The van der Waals surface area contributed by atoms with E-state index < -0.39 is 12.1 Å². The number of amides is 1. The van der Waals surface area contributed by atoms with Crippen LogP contribution in [-0.4, -0.2) is 47.4 Å². The van der Waals surface area contributed by atoms with Gasteiger partial charge >= 0.3 is 5.97 Å². The first-order valence-electron chi connectivity index (χ1n) is 30.4. The summed E-state index contributed by atoms with van der Waals surface area (Å²) in [5.74, 6) is -0.120. The first-order valence-corrected chi connectivity index (χ1v) is 30.4. The molecule has 0 aliphatic rings. The minimum Gasteiger partial charge on any atom is -0.466 e. The minimum atomic E-state index is -0.861. The van der Waals surface area contributed by atoms with Crippen LogP contribution in [0, 0.1) is 0 Å². The zero-order valence-corrected chi connectivity index (χ0v) is 46.0. The van der Waals surface area contributed by atoms with Crippen LogP contribution in [0.1, 0.15) is 316 Å². The molecule has 0 heterocycles. The van der Waals surface area contributed by atoms with Crippen LogP contribution in [0.5, 0.6) is 0 Å². The van der Waals surface area contributed by atoms with Crippen molar-refractivity contribution in [3.8, 4) is 0 Å². The van der Waals surface area contributed by atoms with E-state index >= 15 is 0 Å². The van der Waals surface area contributed by atoms with Crippen molar-refractivity contribution in [1.29, 1.82) is 0 Å². The van der Waals surface area contributed by atoms with E-state index in [9.17, 15) is 19.8 Å². The lowest BCUT2D eigenvalue weighted by Crippen LogP contribution is -2.45. The molecule has 6 nitrogen and oxygen atoms in total. The van der Waals surface area contributed by atoms with Crippen LogP contribution in [0.2, 0.25) is 0 Å². The van der Waals surface area contributed by atoms with E-state index in [-0.39, 0.29) is 18.5 Å². The molecule has 6 heteroatoms. The van der Waals surface area contributed by atoms with Gasteiger partial charge in [-0.05, 0) is 89.9 Å². The van der Waals surface area contributed by atoms with E-state index in [1.165, 1.54) is 212 Å². The zero-order valence-electron chi connectivity index (χ0n) is 46.0. The van der Waals surface area contributed by atoms with Gasteiger partial charge in [-0.1, -0.05) is 262 Å². The molecule has 69 heavy (non-hydrogen) atoms. The first-order chi connectivity index (χ1) is 34.0. The molecular weight excluding hydrogens is 851 g/mol. The highest BCUT2D eigenvalue weighted by molar-refractivity contribution is 5.76. The molecule has 0 aromatic rings. The Bertz CT molecular complexity index is 1160. The molecule has 0 fully saturated rings. The summed E-state index contributed by atoms with van der Waals surface area (Å²) in [7, 11) is 0. The maximum atomic E-state index is 12.5. The van der Waals surface area contributed by atoms with Gasteiger partial charge < -0.3 is 20.3 Å². The van der Waals surface area contributed by atoms with E-state index in [1.54, 1.807) is 6.08 Å². The highest BCUT2D eigenvalue weighted by atomic mass is 16.5. The molecule has 1 amide bonds. The summed E-state index contributed by atoms with van der Waals surface area (Å²) in [5, 5.41) is 23.2. The van der Waals surface area contributed by atoms with E-state index in [4.69, 9.17) is 4.74 Å². The standard InChI is InChI=1S/C63H117NO5/c1-3-5-7-9-11-13-15-17-19-20-21-22-23-24-25-28-31-35-39-43-47-51-55-61(66)60(59-65)64-62(67)56-52-48-44-40-36-32-29-26-30-34-38-42-46-50-54-58-69-63(68)57-53-49-45-41-37-33-27-18-16-14-12-10-8-6-4-2/h18,26-27,30,34,38,51,55,60-61,65-66H,3-17,19-25,28-29,31-33,35-37,39-50,52-54,56-59H2,1-2H3,(H,64,67)/b27-18-,30-26-,38-34-,55-51+. The molecule has 0 bridgehead atoms. The predicted molar refractivity (Wildman–Crippen MR) is 301 cm³/mol. The van der Waals surface area contributed by atoms with Crippen LogP contribution in [0.3, 0.4) is 0 Å². The monoisotopic (exact) mass is 968 g/mol. The fourth-order valence-corrected chi connectivity index (χ4v) is 9.15. The van der Waals surface area contributed by atoms with Crippen molar-refractivity contribution in [1.82, 2.24) is 5.32 Å². The lowest BCUT2D eigenvalue weighted by Gasteiger charge is -2.20. The van der Waals surface area contributed by atoms with Gasteiger partial charge in [0.2, 0.25) is 5.91 Å². The number of rotatable bonds is 56. The van der Waals surface area contributed by atoms with Crippen LogP contribution in [0.25, 0.3) is 0 Å². The summed E-state index contributed by atoms with van der Waals surface area (Å²) in [5.41, 5.74) is 0. The second-order valence-corrected chi connectivity index (χ2v) is 20.7.